The van der Waals surface area contributed by atoms with Crippen LogP contribution >= 0.6 is 15.9 Å². The van der Waals surface area contributed by atoms with E-state index in [2.05, 4.69) is 15.9 Å². The molecule has 1 heterocycles. The van der Waals surface area contributed by atoms with E-state index in [0.29, 0.717) is 35.2 Å². The van der Waals surface area contributed by atoms with Crippen LogP contribution in [0.4, 0.5) is 0 Å². The van der Waals surface area contributed by atoms with Crippen molar-refractivity contribution in [3.05, 3.63) is 28.2 Å². The molecule has 1 aliphatic rings. The summed E-state index contributed by atoms with van der Waals surface area (Å²) in [6.07, 6.45) is 1.31. The summed E-state index contributed by atoms with van der Waals surface area (Å²) >= 11 is 3.37. The van der Waals surface area contributed by atoms with Crippen LogP contribution in [0.15, 0.2) is 22.7 Å². The van der Waals surface area contributed by atoms with Gasteiger partial charge in [0.2, 0.25) is 0 Å². The van der Waals surface area contributed by atoms with E-state index in [1.54, 1.807) is 37.1 Å². The number of amides is 1. The van der Waals surface area contributed by atoms with Gasteiger partial charge in [-0.1, -0.05) is 0 Å². The Balaban J connectivity index is 2.28. The third-order valence-electron chi connectivity index (χ3n) is 3.97. The smallest absolute Gasteiger partial charge is 0.308 e. The Labute approximate surface area is 132 Å². The van der Waals surface area contributed by atoms with Crippen molar-refractivity contribution >= 4 is 27.8 Å². The summed E-state index contributed by atoms with van der Waals surface area (Å²) in [6, 6.07) is 4.88. The molecule has 1 fully saturated rings. The van der Waals surface area contributed by atoms with E-state index in [0.717, 1.165) is 0 Å². The summed E-state index contributed by atoms with van der Waals surface area (Å²) in [5.41, 5.74) is 0.493. The van der Waals surface area contributed by atoms with Crippen molar-refractivity contribution in [3.8, 4) is 5.75 Å². The number of rotatable bonds is 3. The predicted octanol–water partition coefficient (Wildman–Crippen LogP) is 2.78. The number of likely N-dealkylation sites (tertiary alicyclic amines) is 1. The highest BCUT2D eigenvalue weighted by Gasteiger charge is 2.36. The number of aliphatic carboxylic acids is 1. The number of ether oxygens (including phenoxy) is 1. The van der Waals surface area contributed by atoms with Crippen molar-refractivity contribution in [2.24, 2.45) is 5.92 Å². The minimum absolute atomic E-state index is 0.167. The second kappa shape index (κ2) is 6.47. The average Bonchev–Trinajstić information content (AvgIpc) is 2.47. The maximum absolute atomic E-state index is 12.7. The number of hydrogen-bond donors (Lipinski definition) is 1. The van der Waals surface area contributed by atoms with Crippen molar-refractivity contribution in [2.75, 3.05) is 13.7 Å². The van der Waals surface area contributed by atoms with E-state index in [1.807, 2.05) is 0 Å². The fourth-order valence-electron chi connectivity index (χ4n) is 2.71. The predicted molar refractivity (Wildman–Crippen MR) is 81.6 cm³/mol. The van der Waals surface area contributed by atoms with Crippen molar-refractivity contribution in [1.29, 1.82) is 0 Å². The van der Waals surface area contributed by atoms with Gasteiger partial charge in [-0.15, -0.1) is 0 Å². The molecule has 0 radical (unpaired) electrons. The number of hydrogen-bond acceptors (Lipinski definition) is 3. The Bertz CT molecular complexity index is 561. The second-order valence-corrected chi connectivity index (χ2v) is 6.03. The molecule has 1 saturated heterocycles. The second-order valence-electron chi connectivity index (χ2n) is 5.17. The quantitative estimate of drug-likeness (QED) is 0.905. The number of halogens is 1. The molecule has 114 valence electrons. The number of piperidine rings is 1. The zero-order chi connectivity index (χ0) is 15.6. The van der Waals surface area contributed by atoms with E-state index in [-0.39, 0.29) is 11.9 Å². The maximum Gasteiger partial charge on any atom is 0.308 e. The molecular formula is C15H18BrNO4. The molecule has 0 saturated carbocycles. The first-order valence-electron chi connectivity index (χ1n) is 6.83. The molecule has 2 atom stereocenters. The van der Waals surface area contributed by atoms with Crippen molar-refractivity contribution in [2.45, 2.75) is 25.8 Å². The van der Waals surface area contributed by atoms with Gasteiger partial charge in [0.1, 0.15) is 5.75 Å². The molecule has 5 nitrogen and oxygen atoms in total. The minimum atomic E-state index is -0.843. The van der Waals surface area contributed by atoms with Gasteiger partial charge >= 0.3 is 5.97 Å². The Morgan fingerprint density at radius 1 is 1.43 bits per heavy atom. The van der Waals surface area contributed by atoms with Crippen LogP contribution in [0.2, 0.25) is 0 Å². The van der Waals surface area contributed by atoms with Gasteiger partial charge in [-0.3, -0.25) is 9.59 Å². The normalized spacial score (nSPS) is 22.0. The summed E-state index contributed by atoms with van der Waals surface area (Å²) in [5, 5.41) is 9.25. The topological polar surface area (TPSA) is 66.8 Å². The number of carbonyl (C=O) groups is 2. The fourth-order valence-corrected chi connectivity index (χ4v) is 3.13. The van der Waals surface area contributed by atoms with E-state index < -0.39 is 11.9 Å². The van der Waals surface area contributed by atoms with Crippen LogP contribution in [-0.2, 0) is 4.79 Å². The monoisotopic (exact) mass is 355 g/mol. The Kier molecular flexibility index (Phi) is 4.88. The molecule has 0 bridgehead atoms. The Hall–Kier alpha value is -1.56. The first kappa shape index (κ1) is 15.8. The van der Waals surface area contributed by atoms with Crippen LogP contribution in [0.3, 0.4) is 0 Å². The lowest BCUT2D eigenvalue weighted by molar-refractivity contribution is -0.144. The summed E-state index contributed by atoms with van der Waals surface area (Å²) in [4.78, 5) is 25.6. The summed E-state index contributed by atoms with van der Waals surface area (Å²) in [5.74, 6) is -0.919. The minimum Gasteiger partial charge on any atom is -0.497 e. The molecule has 1 amide bonds. The third kappa shape index (κ3) is 3.20. The largest absolute Gasteiger partial charge is 0.497 e. The van der Waals surface area contributed by atoms with Gasteiger partial charge in [-0.25, -0.2) is 0 Å². The fraction of sp³-hybridized carbons (Fsp3) is 0.467. The van der Waals surface area contributed by atoms with Crippen molar-refractivity contribution in [1.82, 2.24) is 4.90 Å². The lowest BCUT2D eigenvalue weighted by Crippen LogP contribution is -2.49. The van der Waals surface area contributed by atoms with Gasteiger partial charge in [-0.05, 0) is 53.9 Å². The summed E-state index contributed by atoms with van der Waals surface area (Å²) in [6.45, 7) is 2.37. The Morgan fingerprint density at radius 2 is 2.14 bits per heavy atom. The van der Waals surface area contributed by atoms with Crippen molar-refractivity contribution in [3.63, 3.8) is 0 Å². The molecule has 1 N–H and O–H groups in total. The van der Waals surface area contributed by atoms with E-state index in [4.69, 9.17) is 4.74 Å². The van der Waals surface area contributed by atoms with E-state index in [1.165, 1.54) is 0 Å². The number of carbonyl (C=O) groups excluding carboxylic acids is 1. The van der Waals surface area contributed by atoms with Crippen LogP contribution in [0, 0.1) is 5.92 Å². The van der Waals surface area contributed by atoms with Crippen LogP contribution < -0.4 is 4.74 Å². The van der Waals surface area contributed by atoms with Crippen LogP contribution in [-0.4, -0.2) is 41.6 Å². The molecule has 0 aromatic heterocycles. The zero-order valence-electron chi connectivity index (χ0n) is 12.0. The first-order chi connectivity index (χ1) is 9.95. The van der Waals surface area contributed by atoms with Crippen molar-refractivity contribution < 1.29 is 19.4 Å². The summed E-state index contributed by atoms with van der Waals surface area (Å²) in [7, 11) is 1.54. The standard InChI is InChI=1S/C15H18BrNO4/c1-9-11(15(19)20)4-3-7-17(9)14(18)12-8-10(21-2)5-6-13(12)16/h5-6,8-9,11H,3-4,7H2,1-2H3,(H,19,20)/t9-,11-/m0/s1. The summed E-state index contributed by atoms with van der Waals surface area (Å²) < 4.78 is 5.83. The molecule has 21 heavy (non-hydrogen) atoms. The lowest BCUT2D eigenvalue weighted by atomic mass is 9.90. The molecule has 0 spiro atoms. The molecule has 6 heteroatoms. The number of carboxylic acid groups (broad SMARTS) is 1. The lowest BCUT2D eigenvalue weighted by Gasteiger charge is -2.37. The highest BCUT2D eigenvalue weighted by Crippen LogP contribution is 2.29. The van der Waals surface area contributed by atoms with Gasteiger partial charge in [-0.2, -0.15) is 0 Å². The molecule has 0 aliphatic carbocycles. The van der Waals surface area contributed by atoms with Gasteiger partial charge in [0.15, 0.2) is 0 Å². The highest BCUT2D eigenvalue weighted by molar-refractivity contribution is 9.10. The van der Waals surface area contributed by atoms with Crippen LogP contribution in [0.1, 0.15) is 30.1 Å². The van der Waals surface area contributed by atoms with E-state index >= 15 is 0 Å². The number of benzene rings is 1. The Morgan fingerprint density at radius 3 is 2.76 bits per heavy atom. The van der Waals surface area contributed by atoms with Gasteiger partial charge < -0.3 is 14.7 Å². The molecule has 1 aromatic carbocycles. The van der Waals surface area contributed by atoms with Crippen LogP contribution in [0.5, 0.6) is 5.75 Å². The number of methoxy groups -OCH3 is 1. The van der Waals surface area contributed by atoms with Gasteiger partial charge in [0.25, 0.3) is 5.91 Å². The SMILES string of the molecule is COc1ccc(Br)c(C(=O)N2CCC[C@H](C(=O)O)[C@@H]2C)c1. The molecule has 0 unspecified atom stereocenters. The molecule has 2 rings (SSSR count). The van der Waals surface area contributed by atoms with Gasteiger partial charge in [0.05, 0.1) is 18.6 Å². The highest BCUT2D eigenvalue weighted by atomic mass is 79.9. The first-order valence-corrected chi connectivity index (χ1v) is 7.62. The zero-order valence-corrected chi connectivity index (χ0v) is 13.6. The van der Waals surface area contributed by atoms with E-state index in [9.17, 15) is 14.7 Å². The number of carboxylic acids is 1. The average molecular weight is 356 g/mol. The third-order valence-corrected chi connectivity index (χ3v) is 4.66. The molecule has 1 aliphatic heterocycles. The number of nitrogens with zero attached hydrogens (tertiary/aromatic N) is 1. The molecule has 1 aromatic rings. The maximum atomic E-state index is 12.7. The van der Waals surface area contributed by atoms with Crippen LogP contribution in [0.25, 0.3) is 0 Å². The molecular weight excluding hydrogens is 338 g/mol. The van der Waals surface area contributed by atoms with Gasteiger partial charge in [0, 0.05) is 17.1 Å².